The monoisotopic (exact) mass is 375 g/mol. The molecule has 6 heteroatoms. The van der Waals surface area contributed by atoms with E-state index in [1.807, 2.05) is 0 Å². The van der Waals surface area contributed by atoms with Crippen LogP contribution < -0.4 is 4.72 Å². The summed E-state index contributed by atoms with van der Waals surface area (Å²) >= 11 is 3.28. The highest BCUT2D eigenvalue weighted by atomic mass is 79.9. The molecule has 1 aromatic carbocycles. The molecule has 0 radical (unpaired) electrons. The third kappa shape index (κ3) is 4.28. The maximum atomic E-state index is 12.5. The van der Waals surface area contributed by atoms with Crippen molar-refractivity contribution in [2.45, 2.75) is 56.6 Å². The van der Waals surface area contributed by atoms with Crippen LogP contribution in [-0.2, 0) is 16.6 Å². The van der Waals surface area contributed by atoms with E-state index in [1.165, 1.54) is 12.5 Å². The molecule has 0 heterocycles. The van der Waals surface area contributed by atoms with E-state index in [0.717, 1.165) is 31.6 Å². The number of hydrogen-bond acceptors (Lipinski definition) is 3. The largest absolute Gasteiger partial charge is 0.392 e. The van der Waals surface area contributed by atoms with Gasteiger partial charge in [-0.25, -0.2) is 13.1 Å². The molecule has 0 amide bonds. The number of sulfonamides is 1. The van der Waals surface area contributed by atoms with Gasteiger partial charge in [0, 0.05) is 10.5 Å². The van der Waals surface area contributed by atoms with Gasteiger partial charge in [0.05, 0.1) is 11.5 Å². The second-order valence-corrected chi connectivity index (χ2v) is 8.21. The third-order valence-corrected chi connectivity index (χ3v) is 6.71. The minimum Gasteiger partial charge on any atom is -0.392 e. The highest BCUT2D eigenvalue weighted by Crippen LogP contribution is 2.29. The number of aliphatic hydroxyl groups excluding tert-OH is 1. The van der Waals surface area contributed by atoms with Crippen molar-refractivity contribution in [1.29, 1.82) is 0 Å². The number of hydrogen-bond donors (Lipinski definition) is 2. The lowest BCUT2D eigenvalue weighted by Crippen LogP contribution is -2.37. The fourth-order valence-electron chi connectivity index (χ4n) is 2.83. The van der Waals surface area contributed by atoms with Crippen molar-refractivity contribution in [3.8, 4) is 0 Å². The number of halogens is 1. The molecule has 118 valence electrons. The van der Waals surface area contributed by atoms with E-state index in [-0.39, 0.29) is 17.5 Å². The van der Waals surface area contributed by atoms with Crippen LogP contribution >= 0.6 is 15.9 Å². The van der Waals surface area contributed by atoms with Crippen LogP contribution in [0.4, 0.5) is 0 Å². The van der Waals surface area contributed by atoms with Crippen LogP contribution in [-0.4, -0.2) is 19.6 Å². The maximum Gasteiger partial charge on any atom is 0.241 e. The number of rotatable bonds is 5. The van der Waals surface area contributed by atoms with Crippen LogP contribution in [0.25, 0.3) is 0 Å². The zero-order valence-electron chi connectivity index (χ0n) is 12.2. The third-order valence-electron chi connectivity index (χ3n) is 4.21. The molecule has 1 saturated carbocycles. The first-order valence-electron chi connectivity index (χ1n) is 7.38. The van der Waals surface area contributed by atoms with E-state index in [4.69, 9.17) is 5.11 Å². The van der Waals surface area contributed by atoms with Crippen molar-refractivity contribution < 1.29 is 13.5 Å². The van der Waals surface area contributed by atoms with Gasteiger partial charge in [0.1, 0.15) is 0 Å². The molecule has 1 aliphatic rings. The molecule has 0 aromatic heterocycles. The van der Waals surface area contributed by atoms with Gasteiger partial charge in [-0.05, 0) is 65.2 Å². The van der Waals surface area contributed by atoms with Crippen LogP contribution in [0.3, 0.4) is 0 Å². The van der Waals surface area contributed by atoms with Crippen LogP contribution in [0.15, 0.2) is 27.6 Å². The molecule has 0 atom stereocenters. The number of aliphatic hydroxyl groups is 1. The van der Waals surface area contributed by atoms with Crippen LogP contribution in [0.5, 0.6) is 0 Å². The average molecular weight is 376 g/mol. The second-order valence-electron chi connectivity index (χ2n) is 5.67. The Morgan fingerprint density at radius 1 is 1.29 bits per heavy atom. The Morgan fingerprint density at radius 2 is 1.95 bits per heavy atom. The zero-order chi connectivity index (χ0) is 15.5. The molecule has 0 saturated heterocycles. The molecule has 1 aliphatic carbocycles. The van der Waals surface area contributed by atoms with Crippen molar-refractivity contribution in [1.82, 2.24) is 4.72 Å². The fourth-order valence-corrected chi connectivity index (χ4v) is 5.26. The topological polar surface area (TPSA) is 66.4 Å². The van der Waals surface area contributed by atoms with E-state index >= 15 is 0 Å². The molecule has 2 N–H and O–H groups in total. The van der Waals surface area contributed by atoms with Crippen molar-refractivity contribution in [3.05, 3.63) is 28.2 Å². The summed E-state index contributed by atoms with van der Waals surface area (Å²) in [6.07, 6.45) is 5.17. The van der Waals surface area contributed by atoms with Gasteiger partial charge in [0.25, 0.3) is 0 Å². The van der Waals surface area contributed by atoms with Crippen molar-refractivity contribution >= 4 is 26.0 Å². The van der Waals surface area contributed by atoms with Gasteiger partial charge in [-0.1, -0.05) is 19.4 Å². The van der Waals surface area contributed by atoms with E-state index in [9.17, 15) is 8.42 Å². The van der Waals surface area contributed by atoms with Gasteiger partial charge in [0.2, 0.25) is 10.0 Å². The standard InChI is InChI=1S/C15H22BrNO3S/c1-2-11-3-6-13(7-4-11)17-21(19,20)15-8-5-12(10-18)9-14(15)16/h5,8-9,11,13,17-18H,2-4,6-7,10H2,1H3. The number of nitrogens with one attached hydrogen (secondary N) is 1. The Bertz CT molecular complexity index is 581. The summed E-state index contributed by atoms with van der Waals surface area (Å²) in [5.41, 5.74) is 0.685. The molecule has 0 unspecified atom stereocenters. The van der Waals surface area contributed by atoms with Gasteiger partial charge >= 0.3 is 0 Å². The van der Waals surface area contributed by atoms with E-state index in [1.54, 1.807) is 12.1 Å². The smallest absolute Gasteiger partial charge is 0.241 e. The van der Waals surface area contributed by atoms with Crippen molar-refractivity contribution in [3.63, 3.8) is 0 Å². The zero-order valence-corrected chi connectivity index (χ0v) is 14.6. The fraction of sp³-hybridized carbons (Fsp3) is 0.600. The first-order valence-corrected chi connectivity index (χ1v) is 9.65. The molecule has 21 heavy (non-hydrogen) atoms. The normalized spacial score (nSPS) is 23.2. The van der Waals surface area contributed by atoms with Gasteiger partial charge in [-0.2, -0.15) is 0 Å². The molecule has 1 fully saturated rings. The molecular weight excluding hydrogens is 354 g/mol. The van der Waals surface area contributed by atoms with Crippen LogP contribution in [0, 0.1) is 5.92 Å². The predicted molar refractivity (Wildman–Crippen MR) is 86.4 cm³/mol. The average Bonchev–Trinajstić information content (AvgIpc) is 2.47. The summed E-state index contributed by atoms with van der Waals surface area (Å²) < 4.78 is 28.2. The Hall–Kier alpha value is -0.430. The maximum absolute atomic E-state index is 12.5. The van der Waals surface area contributed by atoms with Crippen LogP contribution in [0.1, 0.15) is 44.6 Å². The summed E-state index contributed by atoms with van der Waals surface area (Å²) in [6.45, 7) is 2.09. The summed E-state index contributed by atoms with van der Waals surface area (Å²) in [5, 5.41) is 9.08. The molecule has 0 bridgehead atoms. The quantitative estimate of drug-likeness (QED) is 0.830. The first kappa shape index (κ1) is 16.9. The van der Waals surface area contributed by atoms with Crippen molar-refractivity contribution in [2.75, 3.05) is 0 Å². The Balaban J connectivity index is 2.08. The summed E-state index contributed by atoms with van der Waals surface area (Å²) in [4.78, 5) is 0.234. The van der Waals surface area contributed by atoms with Gasteiger partial charge in [0.15, 0.2) is 0 Å². The second kappa shape index (κ2) is 7.22. The molecular formula is C15H22BrNO3S. The Morgan fingerprint density at radius 3 is 2.48 bits per heavy atom. The van der Waals surface area contributed by atoms with Gasteiger partial charge in [-0.15, -0.1) is 0 Å². The van der Waals surface area contributed by atoms with Crippen LogP contribution in [0.2, 0.25) is 0 Å². The SMILES string of the molecule is CCC1CCC(NS(=O)(=O)c2ccc(CO)cc2Br)CC1. The van der Waals surface area contributed by atoms with Gasteiger partial charge < -0.3 is 5.11 Å². The molecule has 2 rings (SSSR count). The molecule has 0 spiro atoms. The highest BCUT2D eigenvalue weighted by molar-refractivity contribution is 9.10. The van der Waals surface area contributed by atoms with Gasteiger partial charge in [-0.3, -0.25) is 0 Å². The lowest BCUT2D eigenvalue weighted by atomic mass is 9.85. The Kier molecular flexibility index (Phi) is 5.82. The van der Waals surface area contributed by atoms with Crippen molar-refractivity contribution in [2.24, 2.45) is 5.92 Å². The number of benzene rings is 1. The summed E-state index contributed by atoms with van der Waals surface area (Å²) in [5.74, 6) is 0.737. The summed E-state index contributed by atoms with van der Waals surface area (Å²) in [7, 11) is -3.52. The first-order chi connectivity index (χ1) is 9.96. The van der Waals surface area contributed by atoms with E-state index < -0.39 is 10.0 Å². The minimum absolute atomic E-state index is 0.0298. The molecule has 4 nitrogen and oxygen atoms in total. The summed E-state index contributed by atoms with van der Waals surface area (Å²) in [6, 6.07) is 4.84. The molecule has 0 aliphatic heterocycles. The molecule has 1 aromatic rings. The van der Waals surface area contributed by atoms with E-state index in [0.29, 0.717) is 10.0 Å². The lowest BCUT2D eigenvalue weighted by molar-refractivity contribution is 0.281. The van der Waals surface area contributed by atoms with E-state index in [2.05, 4.69) is 27.6 Å². The lowest BCUT2D eigenvalue weighted by Gasteiger charge is -2.28. The highest BCUT2D eigenvalue weighted by Gasteiger charge is 2.26. The minimum atomic E-state index is -3.52. The predicted octanol–water partition coefficient (Wildman–Crippen LogP) is 3.19. The Labute approximate surface area is 135 Å².